The Labute approximate surface area is 218 Å². The van der Waals surface area contributed by atoms with Crippen molar-refractivity contribution in [2.75, 3.05) is 13.2 Å². The van der Waals surface area contributed by atoms with Crippen LogP contribution in [-0.2, 0) is 5.41 Å². The monoisotopic (exact) mass is 498 g/mol. The number of nitrogens with one attached hydrogen (secondary N) is 2. The van der Waals surface area contributed by atoms with Crippen molar-refractivity contribution in [1.82, 2.24) is 19.9 Å². The number of hydrogen-bond donors (Lipinski definition) is 4. The molecule has 4 N–H and O–H groups in total. The summed E-state index contributed by atoms with van der Waals surface area (Å²) in [6.07, 6.45) is 3.04. The van der Waals surface area contributed by atoms with E-state index in [1.54, 1.807) is 0 Å². The quantitative estimate of drug-likeness (QED) is 0.313. The van der Waals surface area contributed by atoms with Crippen molar-refractivity contribution >= 4 is 33.2 Å². The first-order chi connectivity index (χ1) is 17.7. The highest BCUT2D eigenvalue weighted by Gasteiger charge is 2.39. The van der Waals surface area contributed by atoms with Crippen LogP contribution in [0, 0.1) is 13.8 Å². The van der Waals surface area contributed by atoms with Crippen LogP contribution in [0.15, 0.2) is 36.4 Å². The molecule has 5 rings (SSSR count). The maximum absolute atomic E-state index is 9.63. The lowest BCUT2D eigenvalue weighted by atomic mass is 9.74. The van der Waals surface area contributed by atoms with Gasteiger partial charge < -0.3 is 20.2 Å². The van der Waals surface area contributed by atoms with Gasteiger partial charge >= 0.3 is 0 Å². The maximum Gasteiger partial charge on any atom is 0.0690 e. The molecule has 5 heterocycles. The van der Waals surface area contributed by atoms with Crippen molar-refractivity contribution in [1.29, 1.82) is 0 Å². The predicted octanol–water partition coefficient (Wildman–Crippen LogP) is 6.47. The third-order valence-corrected chi connectivity index (χ3v) is 8.07. The second-order valence-corrected chi connectivity index (χ2v) is 11.1. The standard InChI is InChI=1S/C31H38N4O2/c1-18-12-22-15-27-20(3)23(8-6-10-36)28(34-27)16-29-24(9-7-11-37)31(4,5)30(35-29)17-26-19(2)13-21(33-26)14-25(18)32-22/h12-17,24,32-33,36-37H,6-11H2,1-5H3. The van der Waals surface area contributed by atoms with Gasteiger partial charge in [-0.3, -0.25) is 4.98 Å². The molecule has 37 heavy (non-hydrogen) atoms. The van der Waals surface area contributed by atoms with E-state index in [0.29, 0.717) is 6.42 Å². The van der Waals surface area contributed by atoms with Crippen LogP contribution in [0.1, 0.15) is 86.3 Å². The Kier molecular flexibility index (Phi) is 6.82. The SMILES string of the molecule is CC1=C(CCCO)c2cc3nc(cc4[nH]c(cc4C)cc4[nH]c(cc1n2)cc4C)C(C)(C)C3CCCO. The number of aromatic amines is 2. The maximum atomic E-state index is 9.63. The Morgan fingerprint density at radius 1 is 0.784 bits per heavy atom. The van der Waals surface area contributed by atoms with Gasteiger partial charge in [-0.25, -0.2) is 4.98 Å². The summed E-state index contributed by atoms with van der Waals surface area (Å²) in [5.74, 6) is 0.172. The minimum absolute atomic E-state index is 0.148. The molecular weight excluding hydrogens is 460 g/mol. The Bertz CT molecular complexity index is 1520. The lowest BCUT2D eigenvalue weighted by molar-refractivity contribution is 0.269. The zero-order valence-corrected chi connectivity index (χ0v) is 22.6. The molecule has 1 unspecified atom stereocenters. The molecule has 0 fully saturated rings. The smallest absolute Gasteiger partial charge is 0.0690 e. The van der Waals surface area contributed by atoms with Crippen LogP contribution in [0.3, 0.4) is 0 Å². The van der Waals surface area contributed by atoms with Crippen LogP contribution < -0.4 is 0 Å². The van der Waals surface area contributed by atoms with E-state index in [0.717, 1.165) is 69.7 Å². The number of hydrogen-bond acceptors (Lipinski definition) is 4. The molecule has 0 amide bonds. The van der Waals surface area contributed by atoms with Gasteiger partial charge in [0.05, 0.1) is 11.4 Å². The highest BCUT2D eigenvalue weighted by Crippen LogP contribution is 2.45. The van der Waals surface area contributed by atoms with E-state index in [1.165, 1.54) is 16.7 Å². The molecule has 0 radical (unpaired) electrons. The van der Waals surface area contributed by atoms with Crippen molar-refractivity contribution in [3.05, 3.63) is 70.3 Å². The Morgan fingerprint density at radius 3 is 2.11 bits per heavy atom. The number of allylic oxidation sites excluding steroid dienone is 2. The number of aryl methyl sites for hydroxylation is 2. The second kappa shape index (κ2) is 9.92. The van der Waals surface area contributed by atoms with E-state index < -0.39 is 0 Å². The number of aliphatic hydroxyl groups is 2. The summed E-state index contributed by atoms with van der Waals surface area (Å²) in [5, 5.41) is 19.2. The zero-order valence-electron chi connectivity index (χ0n) is 22.6. The lowest BCUT2D eigenvalue weighted by Crippen LogP contribution is -2.22. The average Bonchev–Trinajstić information content (AvgIpc) is 3.52. The van der Waals surface area contributed by atoms with Crippen LogP contribution in [0.25, 0.3) is 33.2 Å². The summed E-state index contributed by atoms with van der Waals surface area (Å²) in [7, 11) is 0. The third-order valence-electron chi connectivity index (χ3n) is 8.07. The lowest BCUT2D eigenvalue weighted by Gasteiger charge is -2.27. The summed E-state index contributed by atoms with van der Waals surface area (Å²) < 4.78 is 0. The van der Waals surface area contributed by atoms with Gasteiger partial charge in [0.2, 0.25) is 0 Å². The molecule has 0 spiro atoms. The van der Waals surface area contributed by atoms with Crippen molar-refractivity contribution in [2.45, 2.75) is 71.6 Å². The minimum atomic E-state index is -0.192. The summed E-state index contributed by atoms with van der Waals surface area (Å²) in [4.78, 5) is 17.4. The normalized spacial score (nSPS) is 17.0. The third kappa shape index (κ3) is 4.76. The van der Waals surface area contributed by atoms with Gasteiger partial charge in [-0.05, 0) is 105 Å². The van der Waals surface area contributed by atoms with Gasteiger partial charge in [0.15, 0.2) is 0 Å². The highest BCUT2D eigenvalue weighted by atomic mass is 16.3. The second-order valence-electron chi connectivity index (χ2n) is 11.1. The van der Waals surface area contributed by atoms with Crippen molar-refractivity contribution in [2.24, 2.45) is 0 Å². The highest BCUT2D eigenvalue weighted by molar-refractivity contribution is 5.92. The van der Waals surface area contributed by atoms with Crippen LogP contribution in [0.4, 0.5) is 0 Å². The molecular formula is C31H38N4O2. The zero-order chi connectivity index (χ0) is 26.3. The fourth-order valence-electron chi connectivity index (χ4n) is 5.76. The molecule has 0 aromatic carbocycles. The first-order valence-corrected chi connectivity index (χ1v) is 13.3. The number of rotatable bonds is 6. The van der Waals surface area contributed by atoms with E-state index in [4.69, 9.17) is 9.97 Å². The number of H-pyrrole nitrogens is 2. The summed E-state index contributed by atoms with van der Waals surface area (Å²) in [6, 6.07) is 13.0. The Balaban J connectivity index is 1.86. The predicted molar refractivity (Wildman–Crippen MR) is 151 cm³/mol. The minimum Gasteiger partial charge on any atom is -0.396 e. The van der Waals surface area contributed by atoms with Gasteiger partial charge in [0, 0.05) is 58.0 Å². The van der Waals surface area contributed by atoms with E-state index in [-0.39, 0.29) is 24.5 Å². The first kappa shape index (κ1) is 25.4. The van der Waals surface area contributed by atoms with Crippen molar-refractivity contribution < 1.29 is 10.2 Å². The summed E-state index contributed by atoms with van der Waals surface area (Å²) >= 11 is 0. The molecule has 1 atom stereocenters. The Hall–Kier alpha value is -3.22. The van der Waals surface area contributed by atoms with Crippen molar-refractivity contribution in [3.8, 4) is 0 Å². The fraction of sp³-hybridized carbons (Fsp3) is 0.419. The molecule has 0 aliphatic carbocycles. The molecule has 2 aliphatic heterocycles. The summed E-state index contributed by atoms with van der Waals surface area (Å²) in [5.41, 5.74) is 12.6. The number of fused-ring (bicyclic) bond motifs is 8. The number of nitrogens with zero attached hydrogens (tertiary/aromatic N) is 2. The van der Waals surface area contributed by atoms with Gasteiger partial charge in [-0.15, -0.1) is 0 Å². The van der Waals surface area contributed by atoms with Crippen LogP contribution in [0.5, 0.6) is 0 Å². The van der Waals surface area contributed by atoms with E-state index in [1.807, 2.05) is 0 Å². The van der Waals surface area contributed by atoms with Crippen molar-refractivity contribution in [3.63, 3.8) is 0 Å². The van der Waals surface area contributed by atoms with Gasteiger partial charge in [-0.1, -0.05) is 13.8 Å². The molecule has 2 aliphatic rings. The molecule has 6 heteroatoms. The topological polar surface area (TPSA) is 97.8 Å². The molecule has 3 aromatic rings. The van der Waals surface area contributed by atoms with E-state index in [2.05, 4.69) is 81.0 Å². The van der Waals surface area contributed by atoms with Crippen LogP contribution >= 0.6 is 0 Å². The van der Waals surface area contributed by atoms with Gasteiger partial charge in [0.25, 0.3) is 0 Å². The van der Waals surface area contributed by atoms with Gasteiger partial charge in [0.1, 0.15) is 0 Å². The van der Waals surface area contributed by atoms with Gasteiger partial charge in [-0.2, -0.15) is 0 Å². The fourth-order valence-corrected chi connectivity index (χ4v) is 5.76. The molecule has 8 bridgehead atoms. The molecule has 6 nitrogen and oxygen atoms in total. The molecule has 0 saturated heterocycles. The van der Waals surface area contributed by atoms with E-state index in [9.17, 15) is 10.2 Å². The summed E-state index contributed by atoms with van der Waals surface area (Å²) in [6.45, 7) is 11.2. The Morgan fingerprint density at radius 2 is 1.43 bits per heavy atom. The van der Waals surface area contributed by atoms with Crippen LogP contribution in [0.2, 0.25) is 0 Å². The number of aliphatic hydroxyl groups excluding tert-OH is 2. The first-order valence-electron chi connectivity index (χ1n) is 13.3. The average molecular weight is 499 g/mol. The van der Waals surface area contributed by atoms with Crippen LogP contribution in [-0.4, -0.2) is 43.4 Å². The van der Waals surface area contributed by atoms with E-state index >= 15 is 0 Å². The number of aromatic nitrogens is 4. The molecule has 3 aromatic heterocycles. The largest absolute Gasteiger partial charge is 0.396 e. The molecule has 0 saturated carbocycles. The molecule has 194 valence electrons.